The maximum Gasteiger partial charge on any atom is 0.326 e. The first-order valence-electron chi connectivity index (χ1n) is 7.77. The van der Waals surface area contributed by atoms with Crippen LogP contribution in [-0.2, 0) is 16.0 Å². The number of amides is 1. The van der Waals surface area contributed by atoms with Crippen LogP contribution in [0.3, 0.4) is 0 Å². The molecule has 1 aromatic carbocycles. The minimum Gasteiger partial charge on any atom is -0.480 e. The Kier molecular flexibility index (Phi) is 5.39. The van der Waals surface area contributed by atoms with Crippen LogP contribution in [0.1, 0.15) is 25.8 Å². The molecular weight excluding hydrogens is 294 g/mol. The number of carbonyl (C=O) groups is 2. The third kappa shape index (κ3) is 3.90. The number of aliphatic carboxylic acids is 1. The Bertz CT molecular complexity index is 695. The lowest BCUT2D eigenvalue weighted by atomic mass is 9.98. The van der Waals surface area contributed by atoms with Crippen molar-refractivity contribution >= 4 is 22.8 Å². The van der Waals surface area contributed by atoms with Crippen LogP contribution < -0.4 is 11.1 Å². The van der Waals surface area contributed by atoms with Gasteiger partial charge in [0.2, 0.25) is 5.91 Å². The number of para-hydroxylation sites is 1. The molecule has 2 rings (SSSR count). The van der Waals surface area contributed by atoms with E-state index in [9.17, 15) is 14.7 Å². The molecule has 0 aliphatic carbocycles. The molecule has 1 amide bonds. The second-order valence-corrected chi connectivity index (χ2v) is 5.87. The number of benzene rings is 1. The summed E-state index contributed by atoms with van der Waals surface area (Å²) in [5.74, 6) is -1.50. The Balaban J connectivity index is 2.13. The van der Waals surface area contributed by atoms with Crippen LogP contribution in [0.5, 0.6) is 0 Å². The molecule has 0 aliphatic rings. The topological polar surface area (TPSA) is 108 Å². The first kappa shape index (κ1) is 17.0. The number of nitrogens with two attached hydrogens (primary N) is 1. The van der Waals surface area contributed by atoms with Gasteiger partial charge in [-0.05, 0) is 17.5 Å². The van der Waals surface area contributed by atoms with Crippen LogP contribution in [0.25, 0.3) is 10.9 Å². The van der Waals surface area contributed by atoms with Crippen molar-refractivity contribution in [3.05, 3.63) is 36.0 Å². The molecule has 0 saturated heterocycles. The Labute approximate surface area is 135 Å². The number of rotatable bonds is 7. The van der Waals surface area contributed by atoms with Crippen molar-refractivity contribution < 1.29 is 14.7 Å². The molecule has 0 aliphatic heterocycles. The van der Waals surface area contributed by atoms with Gasteiger partial charge in [0.05, 0.1) is 6.04 Å². The van der Waals surface area contributed by atoms with Gasteiger partial charge in [0, 0.05) is 23.5 Å². The summed E-state index contributed by atoms with van der Waals surface area (Å²) in [5.41, 5.74) is 7.66. The largest absolute Gasteiger partial charge is 0.480 e. The van der Waals surface area contributed by atoms with E-state index in [2.05, 4.69) is 10.3 Å². The number of fused-ring (bicyclic) bond motifs is 1. The first-order valence-corrected chi connectivity index (χ1v) is 7.77. The average molecular weight is 317 g/mol. The van der Waals surface area contributed by atoms with Crippen molar-refractivity contribution in [3.8, 4) is 0 Å². The van der Waals surface area contributed by atoms with Gasteiger partial charge in [-0.25, -0.2) is 4.79 Å². The molecule has 124 valence electrons. The molecule has 1 heterocycles. The molecule has 5 N–H and O–H groups in total. The highest BCUT2D eigenvalue weighted by atomic mass is 16.4. The van der Waals surface area contributed by atoms with E-state index in [1.165, 1.54) is 0 Å². The van der Waals surface area contributed by atoms with Crippen LogP contribution in [0.4, 0.5) is 0 Å². The number of aromatic amines is 1. The number of carbonyl (C=O) groups excluding carboxylic acids is 1. The summed E-state index contributed by atoms with van der Waals surface area (Å²) in [5, 5.41) is 12.9. The van der Waals surface area contributed by atoms with Gasteiger partial charge in [-0.15, -0.1) is 0 Å². The summed E-state index contributed by atoms with van der Waals surface area (Å²) in [6.45, 7) is 3.82. The summed E-state index contributed by atoms with van der Waals surface area (Å²) in [6.07, 6.45) is 2.74. The van der Waals surface area contributed by atoms with Gasteiger partial charge in [0.25, 0.3) is 0 Å². The summed E-state index contributed by atoms with van der Waals surface area (Å²) >= 11 is 0. The quantitative estimate of drug-likeness (QED) is 0.622. The number of hydrogen-bond donors (Lipinski definition) is 4. The summed E-state index contributed by atoms with van der Waals surface area (Å²) in [4.78, 5) is 26.7. The standard InChI is InChI=1S/C17H23N3O3/c1-3-10(2)15(18)16(21)20-14(17(22)23)8-11-9-19-13-7-5-4-6-12(11)13/h4-7,9-10,14-15,19H,3,8,18H2,1-2H3,(H,20,21)(H,22,23)/t10-,14-,15-/m0/s1. The van der Waals surface area contributed by atoms with Gasteiger partial charge in [0.1, 0.15) is 6.04 Å². The molecule has 0 bridgehead atoms. The van der Waals surface area contributed by atoms with Crippen LogP contribution in [0, 0.1) is 5.92 Å². The second kappa shape index (κ2) is 7.28. The van der Waals surface area contributed by atoms with E-state index < -0.39 is 24.0 Å². The molecule has 0 radical (unpaired) electrons. The number of aromatic nitrogens is 1. The van der Waals surface area contributed by atoms with E-state index in [4.69, 9.17) is 5.73 Å². The van der Waals surface area contributed by atoms with E-state index in [-0.39, 0.29) is 12.3 Å². The van der Waals surface area contributed by atoms with Crippen LogP contribution in [0.15, 0.2) is 30.5 Å². The third-order valence-corrected chi connectivity index (χ3v) is 4.27. The van der Waals surface area contributed by atoms with Gasteiger partial charge < -0.3 is 21.1 Å². The monoisotopic (exact) mass is 317 g/mol. The summed E-state index contributed by atoms with van der Waals surface area (Å²) < 4.78 is 0. The van der Waals surface area contributed by atoms with Gasteiger partial charge in [0.15, 0.2) is 0 Å². The number of hydrogen-bond acceptors (Lipinski definition) is 3. The lowest BCUT2D eigenvalue weighted by molar-refractivity contribution is -0.142. The maximum atomic E-state index is 12.1. The normalized spacial score (nSPS) is 15.1. The molecule has 0 spiro atoms. The molecule has 6 heteroatoms. The van der Waals surface area contributed by atoms with Crippen molar-refractivity contribution in [1.29, 1.82) is 0 Å². The van der Waals surface area contributed by atoms with E-state index in [0.29, 0.717) is 0 Å². The highest BCUT2D eigenvalue weighted by molar-refractivity contribution is 5.88. The van der Waals surface area contributed by atoms with Crippen LogP contribution >= 0.6 is 0 Å². The number of H-pyrrole nitrogens is 1. The van der Waals surface area contributed by atoms with Gasteiger partial charge in [-0.2, -0.15) is 0 Å². The Hall–Kier alpha value is -2.34. The van der Waals surface area contributed by atoms with Gasteiger partial charge >= 0.3 is 5.97 Å². The van der Waals surface area contributed by atoms with Gasteiger partial charge in [-0.1, -0.05) is 38.5 Å². The summed E-state index contributed by atoms with van der Waals surface area (Å²) in [7, 11) is 0. The Morgan fingerprint density at radius 1 is 1.35 bits per heavy atom. The Morgan fingerprint density at radius 2 is 2.04 bits per heavy atom. The molecule has 23 heavy (non-hydrogen) atoms. The van der Waals surface area contributed by atoms with E-state index in [1.807, 2.05) is 38.1 Å². The zero-order valence-electron chi connectivity index (χ0n) is 13.4. The third-order valence-electron chi connectivity index (χ3n) is 4.27. The fourth-order valence-corrected chi connectivity index (χ4v) is 2.50. The van der Waals surface area contributed by atoms with Gasteiger partial charge in [-0.3, -0.25) is 4.79 Å². The molecule has 3 atom stereocenters. The number of carboxylic acid groups (broad SMARTS) is 1. The second-order valence-electron chi connectivity index (χ2n) is 5.87. The van der Waals surface area contributed by atoms with Crippen molar-refractivity contribution in [2.24, 2.45) is 11.7 Å². The highest BCUT2D eigenvalue weighted by Gasteiger charge is 2.26. The predicted molar refractivity (Wildman–Crippen MR) is 89.0 cm³/mol. The van der Waals surface area contributed by atoms with Crippen molar-refractivity contribution in [2.75, 3.05) is 0 Å². The van der Waals surface area contributed by atoms with Crippen molar-refractivity contribution in [3.63, 3.8) is 0 Å². The molecule has 0 fully saturated rings. The van der Waals surface area contributed by atoms with E-state index in [1.54, 1.807) is 6.20 Å². The first-order chi connectivity index (χ1) is 10.9. The molecular formula is C17H23N3O3. The highest BCUT2D eigenvalue weighted by Crippen LogP contribution is 2.19. The minimum atomic E-state index is -1.07. The molecule has 1 aromatic heterocycles. The van der Waals surface area contributed by atoms with Crippen molar-refractivity contribution in [1.82, 2.24) is 10.3 Å². The number of nitrogens with one attached hydrogen (secondary N) is 2. The zero-order valence-corrected chi connectivity index (χ0v) is 13.4. The SMILES string of the molecule is CC[C@H](C)[C@H](N)C(=O)N[C@@H](Cc1c[nH]c2ccccc12)C(=O)O. The van der Waals surface area contributed by atoms with Crippen molar-refractivity contribution in [2.45, 2.75) is 38.8 Å². The maximum absolute atomic E-state index is 12.1. The Morgan fingerprint density at radius 3 is 2.70 bits per heavy atom. The molecule has 2 aromatic rings. The van der Waals surface area contributed by atoms with Crippen LogP contribution in [0.2, 0.25) is 0 Å². The predicted octanol–water partition coefficient (Wildman–Crippen LogP) is 1.65. The lowest BCUT2D eigenvalue weighted by Crippen LogP contribution is -2.51. The smallest absolute Gasteiger partial charge is 0.326 e. The van der Waals surface area contributed by atoms with E-state index >= 15 is 0 Å². The summed E-state index contributed by atoms with van der Waals surface area (Å²) in [6, 6.07) is 5.94. The zero-order chi connectivity index (χ0) is 17.0. The average Bonchev–Trinajstić information content (AvgIpc) is 2.95. The van der Waals surface area contributed by atoms with E-state index in [0.717, 1.165) is 22.9 Å². The lowest BCUT2D eigenvalue weighted by Gasteiger charge is -2.21. The molecule has 0 saturated carbocycles. The fraction of sp³-hybridized carbons (Fsp3) is 0.412. The van der Waals surface area contributed by atoms with Crippen LogP contribution in [-0.4, -0.2) is 34.1 Å². The minimum absolute atomic E-state index is 0.00228. The number of carboxylic acids is 1. The molecule has 0 unspecified atom stereocenters. The fourth-order valence-electron chi connectivity index (χ4n) is 2.50. The molecule has 6 nitrogen and oxygen atoms in total.